The summed E-state index contributed by atoms with van der Waals surface area (Å²) in [4.78, 5) is 0. The molecule has 2 heteroatoms. The van der Waals surface area contributed by atoms with Crippen molar-refractivity contribution >= 4 is 0 Å². The SMILES string of the molecule is COC1(C)CC(C)(O)C1. The third kappa shape index (κ3) is 1.25. The summed E-state index contributed by atoms with van der Waals surface area (Å²) in [7, 11) is 1.69. The Morgan fingerprint density at radius 3 is 1.89 bits per heavy atom. The number of hydrogen-bond acceptors (Lipinski definition) is 2. The van der Waals surface area contributed by atoms with Crippen molar-refractivity contribution in [2.75, 3.05) is 7.11 Å². The van der Waals surface area contributed by atoms with Crippen molar-refractivity contribution in [1.29, 1.82) is 0 Å². The highest BCUT2D eigenvalue weighted by atomic mass is 16.5. The number of rotatable bonds is 1. The van der Waals surface area contributed by atoms with Crippen LogP contribution in [0.1, 0.15) is 26.7 Å². The van der Waals surface area contributed by atoms with Gasteiger partial charge in [-0.1, -0.05) is 0 Å². The lowest BCUT2D eigenvalue weighted by molar-refractivity contribution is -0.176. The highest BCUT2D eigenvalue weighted by Crippen LogP contribution is 2.42. The average Bonchev–Trinajstić information content (AvgIpc) is 1.61. The lowest BCUT2D eigenvalue weighted by Crippen LogP contribution is -2.54. The molecule has 1 aliphatic rings. The van der Waals surface area contributed by atoms with Crippen molar-refractivity contribution in [3.05, 3.63) is 0 Å². The van der Waals surface area contributed by atoms with Crippen LogP contribution in [0.2, 0.25) is 0 Å². The Labute approximate surface area is 55.8 Å². The van der Waals surface area contributed by atoms with Gasteiger partial charge in [0.25, 0.3) is 0 Å². The highest BCUT2D eigenvalue weighted by Gasteiger charge is 2.47. The molecule has 0 amide bonds. The molecule has 1 aliphatic carbocycles. The summed E-state index contributed by atoms with van der Waals surface area (Å²) in [5.74, 6) is 0. The smallest absolute Gasteiger partial charge is 0.0705 e. The minimum atomic E-state index is -0.468. The molecule has 0 aromatic rings. The maximum absolute atomic E-state index is 9.30. The Hall–Kier alpha value is -0.0800. The Morgan fingerprint density at radius 1 is 1.33 bits per heavy atom. The van der Waals surface area contributed by atoms with Gasteiger partial charge in [0.1, 0.15) is 0 Å². The van der Waals surface area contributed by atoms with Crippen molar-refractivity contribution in [3.63, 3.8) is 0 Å². The molecule has 0 aromatic carbocycles. The van der Waals surface area contributed by atoms with E-state index in [-0.39, 0.29) is 5.60 Å². The van der Waals surface area contributed by atoms with E-state index in [9.17, 15) is 5.11 Å². The molecule has 0 radical (unpaired) electrons. The maximum atomic E-state index is 9.30. The largest absolute Gasteiger partial charge is 0.390 e. The van der Waals surface area contributed by atoms with Gasteiger partial charge in [0.2, 0.25) is 0 Å². The van der Waals surface area contributed by atoms with Gasteiger partial charge in [0.05, 0.1) is 11.2 Å². The zero-order valence-electron chi connectivity index (χ0n) is 6.27. The summed E-state index contributed by atoms with van der Waals surface area (Å²) in [5.41, 5.74) is -0.520. The Kier molecular flexibility index (Phi) is 1.33. The molecule has 0 atom stereocenters. The van der Waals surface area contributed by atoms with Gasteiger partial charge >= 0.3 is 0 Å². The lowest BCUT2D eigenvalue weighted by Gasteiger charge is -2.48. The zero-order valence-corrected chi connectivity index (χ0v) is 6.27. The molecular formula is C7H14O2. The topological polar surface area (TPSA) is 29.5 Å². The van der Waals surface area contributed by atoms with Gasteiger partial charge in [0, 0.05) is 20.0 Å². The standard InChI is InChI=1S/C7H14O2/c1-6(8)4-7(2,5-6)9-3/h8H,4-5H2,1-3H3. The average molecular weight is 130 g/mol. The summed E-state index contributed by atoms with van der Waals surface area (Å²) >= 11 is 0. The van der Waals surface area contributed by atoms with Crippen LogP contribution in [-0.2, 0) is 4.74 Å². The van der Waals surface area contributed by atoms with Gasteiger partial charge in [-0.15, -0.1) is 0 Å². The van der Waals surface area contributed by atoms with Crippen LogP contribution in [-0.4, -0.2) is 23.4 Å². The molecule has 1 rings (SSSR count). The van der Waals surface area contributed by atoms with Gasteiger partial charge in [-0.25, -0.2) is 0 Å². The van der Waals surface area contributed by atoms with Crippen LogP contribution in [0.4, 0.5) is 0 Å². The van der Waals surface area contributed by atoms with E-state index in [0.29, 0.717) is 0 Å². The summed E-state index contributed by atoms with van der Waals surface area (Å²) in [6.07, 6.45) is 1.52. The predicted molar refractivity (Wildman–Crippen MR) is 35.3 cm³/mol. The molecule has 0 heterocycles. The highest BCUT2D eigenvalue weighted by molar-refractivity contribution is 5.00. The Morgan fingerprint density at radius 2 is 1.78 bits per heavy atom. The van der Waals surface area contributed by atoms with Gasteiger partial charge in [-0.2, -0.15) is 0 Å². The lowest BCUT2D eigenvalue weighted by atomic mass is 9.69. The second kappa shape index (κ2) is 1.70. The molecule has 0 saturated heterocycles. The summed E-state index contributed by atoms with van der Waals surface area (Å²) in [6, 6.07) is 0. The molecular weight excluding hydrogens is 116 g/mol. The van der Waals surface area contributed by atoms with Crippen LogP contribution < -0.4 is 0 Å². The van der Waals surface area contributed by atoms with E-state index < -0.39 is 5.60 Å². The fraction of sp³-hybridized carbons (Fsp3) is 1.00. The number of hydrogen-bond donors (Lipinski definition) is 1. The van der Waals surface area contributed by atoms with E-state index >= 15 is 0 Å². The van der Waals surface area contributed by atoms with E-state index in [1.165, 1.54) is 0 Å². The van der Waals surface area contributed by atoms with Crippen molar-refractivity contribution in [2.24, 2.45) is 0 Å². The molecule has 0 bridgehead atoms. The van der Waals surface area contributed by atoms with Gasteiger partial charge < -0.3 is 9.84 Å². The molecule has 0 aliphatic heterocycles. The summed E-state index contributed by atoms with van der Waals surface area (Å²) < 4.78 is 5.15. The second-order valence-corrected chi connectivity index (χ2v) is 3.50. The molecule has 0 unspecified atom stereocenters. The molecule has 54 valence electrons. The molecule has 9 heavy (non-hydrogen) atoms. The third-order valence-corrected chi connectivity index (χ3v) is 2.00. The van der Waals surface area contributed by atoms with E-state index in [0.717, 1.165) is 12.8 Å². The minimum absolute atomic E-state index is 0.0521. The van der Waals surface area contributed by atoms with Gasteiger partial charge in [-0.3, -0.25) is 0 Å². The number of methoxy groups -OCH3 is 1. The fourth-order valence-electron chi connectivity index (χ4n) is 1.70. The van der Waals surface area contributed by atoms with Crippen molar-refractivity contribution in [1.82, 2.24) is 0 Å². The third-order valence-electron chi connectivity index (χ3n) is 2.00. The van der Waals surface area contributed by atoms with Gasteiger partial charge in [0.15, 0.2) is 0 Å². The quantitative estimate of drug-likeness (QED) is 0.572. The van der Waals surface area contributed by atoms with Crippen molar-refractivity contribution in [2.45, 2.75) is 37.9 Å². The first-order valence-electron chi connectivity index (χ1n) is 3.25. The Bertz CT molecular complexity index is 110. The fourth-order valence-corrected chi connectivity index (χ4v) is 1.70. The minimum Gasteiger partial charge on any atom is -0.390 e. The summed E-state index contributed by atoms with van der Waals surface area (Å²) in [6.45, 7) is 3.86. The van der Waals surface area contributed by atoms with E-state index in [1.807, 2.05) is 13.8 Å². The molecule has 1 fully saturated rings. The van der Waals surface area contributed by atoms with E-state index in [2.05, 4.69) is 0 Å². The first-order chi connectivity index (χ1) is 3.97. The van der Waals surface area contributed by atoms with Gasteiger partial charge in [-0.05, 0) is 13.8 Å². The summed E-state index contributed by atoms with van der Waals surface area (Å²) in [5, 5.41) is 9.30. The normalized spacial score (nSPS) is 50.7. The predicted octanol–water partition coefficient (Wildman–Crippen LogP) is 0.936. The van der Waals surface area contributed by atoms with Crippen molar-refractivity contribution in [3.8, 4) is 0 Å². The Balaban J connectivity index is 2.41. The first kappa shape index (κ1) is 7.03. The zero-order chi connectivity index (χ0) is 7.12. The van der Waals surface area contributed by atoms with Crippen LogP contribution in [0.5, 0.6) is 0 Å². The maximum Gasteiger partial charge on any atom is 0.0705 e. The molecule has 1 saturated carbocycles. The van der Waals surface area contributed by atoms with Crippen LogP contribution in [0.3, 0.4) is 0 Å². The molecule has 1 N–H and O–H groups in total. The van der Waals surface area contributed by atoms with Crippen LogP contribution >= 0.6 is 0 Å². The van der Waals surface area contributed by atoms with Crippen LogP contribution in [0, 0.1) is 0 Å². The molecule has 2 nitrogen and oxygen atoms in total. The second-order valence-electron chi connectivity index (χ2n) is 3.50. The monoisotopic (exact) mass is 130 g/mol. The van der Waals surface area contributed by atoms with Crippen molar-refractivity contribution < 1.29 is 9.84 Å². The van der Waals surface area contributed by atoms with E-state index in [1.54, 1.807) is 7.11 Å². The first-order valence-corrected chi connectivity index (χ1v) is 3.25. The van der Waals surface area contributed by atoms with Crippen LogP contribution in [0.15, 0.2) is 0 Å². The number of aliphatic hydroxyl groups is 1. The van der Waals surface area contributed by atoms with E-state index in [4.69, 9.17) is 4.74 Å². The van der Waals surface area contributed by atoms with Crippen LogP contribution in [0.25, 0.3) is 0 Å². The molecule has 0 aromatic heterocycles. The molecule has 0 spiro atoms. The number of ether oxygens (including phenoxy) is 1.